The first-order valence-corrected chi connectivity index (χ1v) is 11.7. The molecule has 0 saturated heterocycles. The van der Waals surface area contributed by atoms with Gasteiger partial charge in [0.05, 0.1) is 18.4 Å². The molecule has 0 bridgehead atoms. The number of hydrogen-bond donors (Lipinski definition) is 0. The highest BCUT2D eigenvalue weighted by atomic mass is 32.2. The molecule has 0 saturated carbocycles. The summed E-state index contributed by atoms with van der Waals surface area (Å²) in [4.78, 5) is 12.3. The van der Waals surface area contributed by atoms with Crippen LogP contribution in [0.3, 0.4) is 0 Å². The maximum atomic E-state index is 12.3. The van der Waals surface area contributed by atoms with E-state index in [9.17, 15) is 4.79 Å². The van der Waals surface area contributed by atoms with Crippen LogP contribution in [0, 0.1) is 20.8 Å². The summed E-state index contributed by atoms with van der Waals surface area (Å²) in [6.07, 6.45) is 1.67. The van der Waals surface area contributed by atoms with Crippen LogP contribution in [0.5, 0.6) is 0 Å². The van der Waals surface area contributed by atoms with Gasteiger partial charge in [0.25, 0.3) is 0 Å². The van der Waals surface area contributed by atoms with Crippen LogP contribution in [0.25, 0.3) is 22.4 Å². The van der Waals surface area contributed by atoms with Crippen molar-refractivity contribution in [2.45, 2.75) is 38.2 Å². The molecule has 0 spiro atoms. The third-order valence-electron chi connectivity index (χ3n) is 5.87. The van der Waals surface area contributed by atoms with Gasteiger partial charge in [0.2, 0.25) is 0 Å². The van der Waals surface area contributed by atoms with Crippen LogP contribution >= 0.6 is 11.8 Å². The zero-order valence-electron chi connectivity index (χ0n) is 18.7. The van der Waals surface area contributed by atoms with Gasteiger partial charge in [0.15, 0.2) is 11.0 Å². The molecule has 0 radical (unpaired) electrons. The fraction of sp³-hybridized carbons (Fsp3) is 0.192. The summed E-state index contributed by atoms with van der Waals surface area (Å²) < 4.78 is 13.1. The van der Waals surface area contributed by atoms with E-state index in [1.807, 2.05) is 51.1 Å². The molecule has 0 unspecified atom stereocenters. The Kier molecular flexibility index (Phi) is 5.64. The number of rotatable bonds is 6. The van der Waals surface area contributed by atoms with Gasteiger partial charge in [-0.05, 0) is 49.1 Å². The van der Waals surface area contributed by atoms with Gasteiger partial charge in [-0.3, -0.25) is 4.57 Å². The van der Waals surface area contributed by atoms with Gasteiger partial charge in [0.1, 0.15) is 11.3 Å². The molecular weight excluding hydrogens is 434 g/mol. The minimum atomic E-state index is -0.340. The van der Waals surface area contributed by atoms with Crippen LogP contribution in [0.2, 0.25) is 0 Å². The zero-order chi connectivity index (χ0) is 22.9. The molecular formula is C26H23N3O3S. The van der Waals surface area contributed by atoms with E-state index >= 15 is 0 Å². The molecule has 2 aromatic carbocycles. The maximum absolute atomic E-state index is 12.3. The van der Waals surface area contributed by atoms with E-state index in [0.29, 0.717) is 17.9 Å². The summed E-state index contributed by atoms with van der Waals surface area (Å²) in [5, 5.41) is 10.7. The molecule has 5 aromatic rings. The third-order valence-corrected chi connectivity index (χ3v) is 6.89. The highest BCUT2D eigenvalue weighted by Crippen LogP contribution is 2.31. The quantitative estimate of drug-likeness (QED) is 0.233. The Morgan fingerprint density at radius 1 is 1.00 bits per heavy atom. The maximum Gasteiger partial charge on any atom is 0.336 e. The van der Waals surface area contributed by atoms with E-state index < -0.39 is 0 Å². The van der Waals surface area contributed by atoms with Crippen LogP contribution < -0.4 is 5.63 Å². The second-order valence-corrected chi connectivity index (χ2v) is 8.97. The van der Waals surface area contributed by atoms with Crippen molar-refractivity contribution in [3.63, 3.8) is 0 Å². The molecule has 0 amide bonds. The Hall–Kier alpha value is -3.58. The van der Waals surface area contributed by atoms with Crippen LogP contribution in [0.4, 0.5) is 0 Å². The molecule has 0 fully saturated rings. The normalized spacial score (nSPS) is 11.4. The van der Waals surface area contributed by atoms with Crippen molar-refractivity contribution in [1.29, 1.82) is 0 Å². The van der Waals surface area contributed by atoms with Gasteiger partial charge in [-0.25, -0.2) is 4.79 Å². The highest BCUT2D eigenvalue weighted by molar-refractivity contribution is 7.98. The van der Waals surface area contributed by atoms with Crippen molar-refractivity contribution in [2.75, 3.05) is 0 Å². The lowest BCUT2D eigenvalue weighted by Gasteiger charge is -2.11. The summed E-state index contributed by atoms with van der Waals surface area (Å²) in [7, 11) is 0. The first-order valence-electron chi connectivity index (χ1n) is 10.7. The number of nitrogens with zero attached hydrogens (tertiary/aromatic N) is 3. The Balaban J connectivity index is 1.53. The summed E-state index contributed by atoms with van der Waals surface area (Å²) in [6, 6.07) is 17.8. The third kappa shape index (κ3) is 4.12. The molecule has 166 valence electrons. The fourth-order valence-corrected chi connectivity index (χ4v) is 4.84. The van der Waals surface area contributed by atoms with Gasteiger partial charge >= 0.3 is 5.63 Å². The zero-order valence-corrected chi connectivity index (χ0v) is 19.5. The highest BCUT2D eigenvalue weighted by Gasteiger charge is 2.19. The Morgan fingerprint density at radius 2 is 1.82 bits per heavy atom. The number of aromatic nitrogens is 3. The minimum absolute atomic E-state index is 0.340. The van der Waals surface area contributed by atoms with Crippen molar-refractivity contribution in [2.24, 2.45) is 0 Å². The predicted octanol–water partition coefficient (Wildman–Crippen LogP) is 5.91. The molecule has 0 N–H and O–H groups in total. The van der Waals surface area contributed by atoms with Crippen LogP contribution in [-0.4, -0.2) is 14.8 Å². The second kappa shape index (κ2) is 8.75. The van der Waals surface area contributed by atoms with Gasteiger partial charge in [-0.15, -0.1) is 10.2 Å². The minimum Gasteiger partial charge on any atom is -0.469 e. The fourth-order valence-electron chi connectivity index (χ4n) is 3.91. The first kappa shape index (κ1) is 21.3. The molecule has 3 aromatic heterocycles. The van der Waals surface area contributed by atoms with E-state index in [1.54, 1.807) is 24.1 Å². The van der Waals surface area contributed by atoms with Crippen LogP contribution in [0.1, 0.15) is 28.0 Å². The van der Waals surface area contributed by atoms with E-state index in [4.69, 9.17) is 8.83 Å². The van der Waals surface area contributed by atoms with Crippen molar-refractivity contribution in [1.82, 2.24) is 14.8 Å². The van der Waals surface area contributed by atoms with Crippen LogP contribution in [-0.2, 0) is 12.3 Å². The Labute approximate surface area is 195 Å². The monoisotopic (exact) mass is 457 g/mol. The lowest BCUT2D eigenvalue weighted by molar-refractivity contribution is 0.534. The topological polar surface area (TPSA) is 74.1 Å². The summed E-state index contributed by atoms with van der Waals surface area (Å²) in [5.41, 5.74) is 5.38. The number of benzene rings is 2. The molecule has 0 aliphatic carbocycles. The van der Waals surface area contributed by atoms with E-state index in [-0.39, 0.29) is 5.63 Å². The second-order valence-electron chi connectivity index (χ2n) is 8.03. The predicted molar refractivity (Wildman–Crippen MR) is 130 cm³/mol. The first-order chi connectivity index (χ1) is 16.0. The van der Waals surface area contributed by atoms with Gasteiger partial charge in [0, 0.05) is 17.2 Å². The summed E-state index contributed by atoms with van der Waals surface area (Å²) in [5.74, 6) is 2.13. The molecule has 33 heavy (non-hydrogen) atoms. The molecule has 0 aliphatic heterocycles. The smallest absolute Gasteiger partial charge is 0.336 e. The number of thioether (sulfide) groups is 1. The molecule has 5 rings (SSSR count). The van der Waals surface area contributed by atoms with E-state index in [1.165, 1.54) is 0 Å². The van der Waals surface area contributed by atoms with Crippen molar-refractivity contribution < 1.29 is 8.83 Å². The molecule has 7 heteroatoms. The lowest BCUT2D eigenvalue weighted by atomic mass is 10.0. The number of furan rings is 1. The van der Waals surface area contributed by atoms with E-state index in [0.717, 1.165) is 49.9 Å². The number of hydrogen-bond acceptors (Lipinski definition) is 6. The largest absolute Gasteiger partial charge is 0.469 e. The lowest BCUT2D eigenvalue weighted by Crippen LogP contribution is -2.05. The molecule has 3 heterocycles. The van der Waals surface area contributed by atoms with Gasteiger partial charge in [-0.1, -0.05) is 54.2 Å². The Morgan fingerprint density at radius 3 is 2.58 bits per heavy atom. The van der Waals surface area contributed by atoms with Crippen molar-refractivity contribution >= 4 is 22.7 Å². The average Bonchev–Trinajstić information content (AvgIpc) is 3.41. The number of aryl methyl sites for hydroxylation is 3. The van der Waals surface area contributed by atoms with E-state index in [2.05, 4.69) is 33.0 Å². The molecule has 6 nitrogen and oxygen atoms in total. The molecule has 0 atom stereocenters. The summed E-state index contributed by atoms with van der Waals surface area (Å²) in [6.45, 7) is 6.55. The summed E-state index contributed by atoms with van der Waals surface area (Å²) >= 11 is 1.56. The van der Waals surface area contributed by atoms with Crippen molar-refractivity contribution in [3.05, 3.63) is 99.3 Å². The molecule has 0 aliphatic rings. The Bertz CT molecular complexity index is 1500. The average molecular weight is 458 g/mol. The standard InChI is InChI=1S/C26H23N3O3S/c1-16-9-10-22-20(13-23(30)32-24(22)17(16)2)15-33-26-28-27-25(21-11-12-31-18(21)3)29(26)14-19-7-5-4-6-8-19/h4-13H,14-15H2,1-3H3. The van der Waals surface area contributed by atoms with Gasteiger partial charge in [-0.2, -0.15) is 0 Å². The number of fused-ring (bicyclic) bond motifs is 1. The van der Waals surface area contributed by atoms with Crippen molar-refractivity contribution in [3.8, 4) is 11.4 Å². The SMILES string of the molecule is Cc1ccc2c(CSc3nnc(-c4ccoc4C)n3Cc3ccccc3)cc(=O)oc2c1C. The van der Waals surface area contributed by atoms with Crippen LogP contribution in [0.15, 0.2) is 79.6 Å². The van der Waals surface area contributed by atoms with Gasteiger partial charge < -0.3 is 8.83 Å².